The molecular formula is C20H20N4O4S. The molecule has 1 aliphatic rings. The first-order valence-corrected chi connectivity index (χ1v) is 9.94. The van der Waals surface area contributed by atoms with Crippen LogP contribution in [-0.2, 0) is 18.4 Å². The summed E-state index contributed by atoms with van der Waals surface area (Å²) in [7, 11) is 3.51. The maximum absolute atomic E-state index is 12.2. The Balaban J connectivity index is 1.31. The molecule has 29 heavy (non-hydrogen) atoms. The number of fused-ring (bicyclic) bond motifs is 1. The number of aromatic nitrogens is 3. The molecule has 0 fully saturated rings. The van der Waals surface area contributed by atoms with Crippen LogP contribution in [0.25, 0.3) is 11.4 Å². The van der Waals surface area contributed by atoms with Gasteiger partial charge in [-0.1, -0.05) is 17.8 Å². The third-order valence-corrected chi connectivity index (χ3v) is 5.46. The molecule has 3 aromatic rings. The SMILES string of the molecule is COc1ccc(-c2nnc(SCC(=O)NCc3ccc4c(c3)OCO4)n2C)cc1. The Bertz CT molecular complexity index is 1020. The van der Waals surface area contributed by atoms with Gasteiger partial charge in [0.1, 0.15) is 5.75 Å². The van der Waals surface area contributed by atoms with E-state index in [1.54, 1.807) is 7.11 Å². The minimum atomic E-state index is -0.0818. The Morgan fingerprint density at radius 2 is 1.97 bits per heavy atom. The molecule has 1 N–H and O–H groups in total. The van der Waals surface area contributed by atoms with Crippen molar-refractivity contribution in [3.8, 4) is 28.6 Å². The lowest BCUT2D eigenvalue weighted by Crippen LogP contribution is -2.24. The first-order chi connectivity index (χ1) is 14.1. The van der Waals surface area contributed by atoms with E-state index in [4.69, 9.17) is 14.2 Å². The second-order valence-electron chi connectivity index (χ2n) is 6.35. The number of amides is 1. The minimum absolute atomic E-state index is 0.0818. The van der Waals surface area contributed by atoms with Crippen LogP contribution >= 0.6 is 11.8 Å². The van der Waals surface area contributed by atoms with Crippen LogP contribution in [0, 0.1) is 0 Å². The van der Waals surface area contributed by atoms with Crippen LogP contribution in [0.15, 0.2) is 47.6 Å². The zero-order valence-corrected chi connectivity index (χ0v) is 16.9. The molecule has 0 atom stereocenters. The molecule has 0 saturated heterocycles. The molecule has 4 rings (SSSR count). The van der Waals surface area contributed by atoms with Crippen LogP contribution in [0.3, 0.4) is 0 Å². The standard InChI is InChI=1S/C20H20N4O4S/c1-24-19(14-4-6-15(26-2)7-5-14)22-23-20(24)29-11-18(25)21-10-13-3-8-16-17(9-13)28-12-27-16/h3-9H,10-12H2,1-2H3,(H,21,25). The van der Waals surface area contributed by atoms with Crippen molar-refractivity contribution in [3.63, 3.8) is 0 Å². The number of rotatable bonds is 7. The first-order valence-electron chi connectivity index (χ1n) is 8.96. The van der Waals surface area contributed by atoms with Crippen molar-refractivity contribution in [1.82, 2.24) is 20.1 Å². The second-order valence-corrected chi connectivity index (χ2v) is 7.29. The molecule has 8 nitrogen and oxygen atoms in total. The van der Waals surface area contributed by atoms with Crippen LogP contribution < -0.4 is 19.5 Å². The Morgan fingerprint density at radius 1 is 1.17 bits per heavy atom. The van der Waals surface area contributed by atoms with Gasteiger partial charge in [0, 0.05) is 19.2 Å². The normalized spacial score (nSPS) is 12.1. The van der Waals surface area contributed by atoms with Crippen LogP contribution in [0.2, 0.25) is 0 Å². The number of hydrogen-bond acceptors (Lipinski definition) is 7. The predicted molar refractivity (Wildman–Crippen MR) is 108 cm³/mol. The summed E-state index contributed by atoms with van der Waals surface area (Å²) < 4.78 is 17.7. The summed E-state index contributed by atoms with van der Waals surface area (Å²) in [5.41, 5.74) is 1.88. The fraction of sp³-hybridized carbons (Fsp3) is 0.250. The van der Waals surface area contributed by atoms with E-state index in [2.05, 4.69) is 15.5 Å². The van der Waals surface area contributed by atoms with Gasteiger partial charge in [-0.2, -0.15) is 0 Å². The van der Waals surface area contributed by atoms with Crippen molar-refractivity contribution >= 4 is 17.7 Å². The summed E-state index contributed by atoms with van der Waals surface area (Å²) in [5.74, 6) is 3.11. The number of nitrogens with one attached hydrogen (secondary N) is 1. The van der Waals surface area contributed by atoms with Gasteiger partial charge >= 0.3 is 0 Å². The van der Waals surface area contributed by atoms with Crippen molar-refractivity contribution in [3.05, 3.63) is 48.0 Å². The smallest absolute Gasteiger partial charge is 0.231 e. The summed E-state index contributed by atoms with van der Waals surface area (Å²) in [4.78, 5) is 12.2. The summed E-state index contributed by atoms with van der Waals surface area (Å²) in [6.07, 6.45) is 0. The number of methoxy groups -OCH3 is 1. The zero-order valence-electron chi connectivity index (χ0n) is 16.0. The highest BCUT2D eigenvalue weighted by molar-refractivity contribution is 7.99. The van der Waals surface area contributed by atoms with Gasteiger partial charge < -0.3 is 24.1 Å². The summed E-state index contributed by atoms with van der Waals surface area (Å²) >= 11 is 1.34. The lowest BCUT2D eigenvalue weighted by molar-refractivity contribution is -0.118. The summed E-state index contributed by atoms with van der Waals surface area (Å²) in [5, 5.41) is 12.0. The molecule has 0 bridgehead atoms. The Kier molecular flexibility index (Phi) is 5.57. The Morgan fingerprint density at radius 3 is 2.76 bits per heavy atom. The van der Waals surface area contributed by atoms with Gasteiger partial charge in [-0.15, -0.1) is 10.2 Å². The average Bonchev–Trinajstić information content (AvgIpc) is 3.36. The highest BCUT2D eigenvalue weighted by Crippen LogP contribution is 2.32. The van der Waals surface area contributed by atoms with E-state index >= 15 is 0 Å². The van der Waals surface area contributed by atoms with Gasteiger partial charge in [0.15, 0.2) is 22.5 Å². The van der Waals surface area contributed by atoms with E-state index in [0.717, 1.165) is 28.5 Å². The van der Waals surface area contributed by atoms with Crippen LogP contribution in [0.5, 0.6) is 17.2 Å². The summed E-state index contributed by atoms with van der Waals surface area (Å²) in [6, 6.07) is 13.2. The van der Waals surface area contributed by atoms with E-state index in [1.165, 1.54) is 11.8 Å². The molecule has 2 heterocycles. The third kappa shape index (κ3) is 4.29. The number of ether oxygens (including phenoxy) is 3. The minimum Gasteiger partial charge on any atom is -0.497 e. The van der Waals surface area contributed by atoms with E-state index < -0.39 is 0 Å². The molecule has 0 spiro atoms. The molecular weight excluding hydrogens is 392 g/mol. The average molecular weight is 412 g/mol. The van der Waals surface area contributed by atoms with E-state index in [9.17, 15) is 4.79 Å². The quantitative estimate of drug-likeness (QED) is 0.597. The van der Waals surface area contributed by atoms with Gasteiger partial charge in [-0.25, -0.2) is 0 Å². The molecule has 0 aliphatic carbocycles. The number of hydrogen-bond donors (Lipinski definition) is 1. The Labute approximate surface area is 172 Å². The lowest BCUT2D eigenvalue weighted by atomic mass is 10.2. The van der Waals surface area contributed by atoms with Gasteiger partial charge in [0.05, 0.1) is 12.9 Å². The number of nitrogens with zero attached hydrogens (tertiary/aromatic N) is 3. The highest BCUT2D eigenvalue weighted by atomic mass is 32.2. The summed E-state index contributed by atoms with van der Waals surface area (Å²) in [6.45, 7) is 0.657. The largest absolute Gasteiger partial charge is 0.497 e. The molecule has 1 amide bonds. The lowest BCUT2D eigenvalue weighted by Gasteiger charge is -2.07. The Hall–Kier alpha value is -3.20. The van der Waals surface area contributed by atoms with Crippen molar-refractivity contribution in [2.45, 2.75) is 11.7 Å². The van der Waals surface area contributed by atoms with Crippen LogP contribution in [-0.4, -0.2) is 40.3 Å². The number of carbonyl (C=O) groups is 1. The van der Waals surface area contributed by atoms with E-state index in [-0.39, 0.29) is 18.5 Å². The van der Waals surface area contributed by atoms with Gasteiger partial charge in [-0.3, -0.25) is 4.79 Å². The van der Waals surface area contributed by atoms with Crippen LogP contribution in [0.4, 0.5) is 0 Å². The molecule has 150 valence electrons. The maximum Gasteiger partial charge on any atom is 0.231 e. The topological polar surface area (TPSA) is 87.5 Å². The molecule has 2 aromatic carbocycles. The van der Waals surface area contributed by atoms with Crippen molar-refractivity contribution < 1.29 is 19.0 Å². The van der Waals surface area contributed by atoms with Gasteiger partial charge in [-0.05, 0) is 42.0 Å². The number of benzene rings is 2. The van der Waals surface area contributed by atoms with E-state index in [1.807, 2.05) is 54.1 Å². The molecule has 0 radical (unpaired) electrons. The second kappa shape index (κ2) is 8.44. The molecule has 0 unspecified atom stereocenters. The number of thioether (sulfide) groups is 1. The highest BCUT2D eigenvalue weighted by Gasteiger charge is 2.15. The maximum atomic E-state index is 12.2. The fourth-order valence-corrected chi connectivity index (χ4v) is 3.61. The van der Waals surface area contributed by atoms with Crippen molar-refractivity contribution in [2.24, 2.45) is 7.05 Å². The molecule has 1 aliphatic heterocycles. The third-order valence-electron chi connectivity index (χ3n) is 4.44. The van der Waals surface area contributed by atoms with E-state index in [0.29, 0.717) is 17.5 Å². The zero-order chi connectivity index (χ0) is 20.2. The first kappa shape index (κ1) is 19.1. The number of carbonyl (C=O) groups excluding carboxylic acids is 1. The van der Waals surface area contributed by atoms with Gasteiger partial charge in [0.25, 0.3) is 0 Å². The predicted octanol–water partition coefficient (Wildman–Crippen LogP) is 2.63. The molecule has 9 heteroatoms. The molecule has 0 saturated carbocycles. The van der Waals surface area contributed by atoms with Gasteiger partial charge in [0.2, 0.25) is 12.7 Å². The molecule has 1 aromatic heterocycles. The van der Waals surface area contributed by atoms with Crippen molar-refractivity contribution in [1.29, 1.82) is 0 Å². The van der Waals surface area contributed by atoms with Crippen molar-refractivity contribution in [2.75, 3.05) is 19.7 Å². The monoisotopic (exact) mass is 412 g/mol. The fourth-order valence-electron chi connectivity index (χ4n) is 2.86. The van der Waals surface area contributed by atoms with Crippen LogP contribution in [0.1, 0.15) is 5.56 Å².